The van der Waals surface area contributed by atoms with Crippen molar-refractivity contribution in [2.24, 2.45) is 0 Å². The van der Waals surface area contributed by atoms with Crippen LogP contribution in [-0.4, -0.2) is 13.3 Å². The molecule has 0 atom stereocenters. The minimum absolute atomic E-state index is 0.0889. The number of anilines is 1. The number of hydrogen-bond acceptors (Lipinski definition) is 2. The van der Waals surface area contributed by atoms with E-state index in [4.69, 9.17) is 10.5 Å². The van der Waals surface area contributed by atoms with Gasteiger partial charge in [0.15, 0.2) is 5.75 Å². The van der Waals surface area contributed by atoms with Crippen LogP contribution in [0.1, 0.15) is 0 Å². The molecule has 0 spiro atoms. The van der Waals surface area contributed by atoms with E-state index in [1.807, 2.05) is 0 Å². The zero-order chi connectivity index (χ0) is 9.84. The lowest BCUT2D eigenvalue weighted by molar-refractivity contribution is 0.273. The fourth-order valence-corrected chi connectivity index (χ4v) is 1.44. The number of alkyl halides is 1. The SMILES string of the molecule is Nc1cc(F)cc(Br)c1OCCF. The molecule has 0 saturated carbocycles. The van der Waals surface area contributed by atoms with Crippen molar-refractivity contribution >= 4 is 21.6 Å². The van der Waals surface area contributed by atoms with Crippen LogP contribution < -0.4 is 10.5 Å². The third-order valence-corrected chi connectivity index (χ3v) is 1.95. The third kappa shape index (κ3) is 2.55. The standard InChI is InChI=1S/C8H8BrF2NO/c9-6-3-5(11)4-7(12)8(6)13-2-1-10/h3-4H,1-2,12H2. The molecule has 0 unspecified atom stereocenters. The maximum absolute atomic E-state index is 12.7. The van der Waals surface area contributed by atoms with Gasteiger partial charge in [0.25, 0.3) is 0 Å². The first-order valence-corrected chi connectivity index (χ1v) is 4.37. The fraction of sp³-hybridized carbons (Fsp3) is 0.250. The van der Waals surface area contributed by atoms with Crippen molar-refractivity contribution in [1.82, 2.24) is 0 Å². The lowest BCUT2D eigenvalue weighted by atomic mass is 10.3. The van der Waals surface area contributed by atoms with Crippen LogP contribution in [0.15, 0.2) is 16.6 Å². The molecule has 0 amide bonds. The summed E-state index contributed by atoms with van der Waals surface area (Å²) in [6.45, 7) is -0.697. The van der Waals surface area contributed by atoms with Gasteiger partial charge >= 0.3 is 0 Å². The topological polar surface area (TPSA) is 35.2 Å². The van der Waals surface area contributed by atoms with Gasteiger partial charge in [-0.05, 0) is 22.0 Å². The molecule has 1 aromatic carbocycles. The van der Waals surface area contributed by atoms with Crippen LogP contribution in [0, 0.1) is 5.82 Å². The molecular weight excluding hydrogens is 244 g/mol. The highest BCUT2D eigenvalue weighted by atomic mass is 79.9. The smallest absolute Gasteiger partial charge is 0.156 e. The van der Waals surface area contributed by atoms with Gasteiger partial charge in [-0.15, -0.1) is 0 Å². The summed E-state index contributed by atoms with van der Waals surface area (Å²) in [5.74, 6) is -0.184. The van der Waals surface area contributed by atoms with Crippen molar-refractivity contribution in [2.45, 2.75) is 0 Å². The van der Waals surface area contributed by atoms with Crippen LogP contribution in [0.2, 0.25) is 0 Å². The van der Waals surface area contributed by atoms with E-state index in [1.54, 1.807) is 0 Å². The molecule has 0 heterocycles. The van der Waals surface area contributed by atoms with Crippen molar-refractivity contribution in [3.8, 4) is 5.75 Å². The Labute approximate surface area is 82.8 Å². The molecule has 1 aromatic rings. The van der Waals surface area contributed by atoms with Gasteiger partial charge < -0.3 is 10.5 Å². The normalized spacial score (nSPS) is 10.1. The minimum Gasteiger partial charge on any atom is -0.488 e. The molecule has 72 valence electrons. The summed E-state index contributed by atoms with van der Waals surface area (Å²) in [6.07, 6.45) is 0. The highest BCUT2D eigenvalue weighted by molar-refractivity contribution is 9.10. The third-order valence-electron chi connectivity index (χ3n) is 1.36. The predicted molar refractivity (Wildman–Crippen MR) is 50.0 cm³/mol. The summed E-state index contributed by atoms with van der Waals surface area (Å²) in [5, 5.41) is 0. The Morgan fingerprint density at radius 3 is 2.69 bits per heavy atom. The van der Waals surface area contributed by atoms with Crippen LogP contribution in [0.3, 0.4) is 0 Å². The molecule has 0 saturated heterocycles. The van der Waals surface area contributed by atoms with E-state index in [0.29, 0.717) is 4.47 Å². The molecule has 5 heteroatoms. The molecule has 2 N–H and O–H groups in total. The van der Waals surface area contributed by atoms with Gasteiger partial charge in [0.05, 0.1) is 10.2 Å². The van der Waals surface area contributed by atoms with E-state index >= 15 is 0 Å². The number of nitrogen functional groups attached to an aromatic ring is 1. The molecule has 2 nitrogen and oxygen atoms in total. The Morgan fingerprint density at radius 1 is 1.46 bits per heavy atom. The monoisotopic (exact) mass is 251 g/mol. The predicted octanol–water partition coefficient (Wildman–Crippen LogP) is 2.52. The molecule has 0 bridgehead atoms. The summed E-state index contributed by atoms with van der Waals surface area (Å²) < 4.78 is 29.8. The lowest BCUT2D eigenvalue weighted by Gasteiger charge is -2.08. The maximum Gasteiger partial charge on any atom is 0.156 e. The Kier molecular flexibility index (Phi) is 3.48. The molecule has 1 rings (SSSR count). The highest BCUT2D eigenvalue weighted by Crippen LogP contribution is 2.32. The van der Waals surface area contributed by atoms with Crippen molar-refractivity contribution in [2.75, 3.05) is 19.0 Å². The van der Waals surface area contributed by atoms with Crippen LogP contribution in [0.25, 0.3) is 0 Å². The molecule has 0 radical (unpaired) electrons. The minimum atomic E-state index is -0.608. The van der Waals surface area contributed by atoms with E-state index in [1.165, 1.54) is 6.07 Å². The van der Waals surface area contributed by atoms with Gasteiger partial charge in [-0.1, -0.05) is 0 Å². The molecule has 13 heavy (non-hydrogen) atoms. The second kappa shape index (κ2) is 4.41. The first-order chi connectivity index (χ1) is 6.15. The Bertz CT molecular complexity index is 283. The summed E-state index contributed by atoms with van der Waals surface area (Å²) in [5.41, 5.74) is 5.60. The van der Waals surface area contributed by atoms with Gasteiger partial charge in [-0.3, -0.25) is 0 Å². The van der Waals surface area contributed by atoms with Gasteiger partial charge in [0.2, 0.25) is 0 Å². The molecule has 0 aliphatic rings. The lowest BCUT2D eigenvalue weighted by Crippen LogP contribution is -2.02. The van der Waals surface area contributed by atoms with Crippen LogP contribution >= 0.6 is 15.9 Å². The number of nitrogens with two attached hydrogens (primary N) is 1. The van der Waals surface area contributed by atoms with E-state index in [-0.39, 0.29) is 18.0 Å². The van der Waals surface area contributed by atoms with Crippen molar-refractivity contribution in [3.05, 3.63) is 22.4 Å². The summed E-state index contributed by atoms with van der Waals surface area (Å²) in [4.78, 5) is 0. The second-order valence-electron chi connectivity index (χ2n) is 2.34. The van der Waals surface area contributed by atoms with E-state index < -0.39 is 12.5 Å². The van der Waals surface area contributed by atoms with Crippen LogP contribution in [0.5, 0.6) is 5.75 Å². The molecule has 0 fully saturated rings. The zero-order valence-corrected chi connectivity index (χ0v) is 8.27. The first kappa shape index (κ1) is 10.2. The van der Waals surface area contributed by atoms with Gasteiger partial charge in [0, 0.05) is 6.07 Å². The number of hydrogen-bond donors (Lipinski definition) is 1. The average Bonchev–Trinajstić information content (AvgIpc) is 2.02. The summed E-state index contributed by atoms with van der Waals surface area (Å²) in [6, 6.07) is 2.34. The maximum atomic E-state index is 12.7. The molecule has 0 aromatic heterocycles. The molecule has 0 aliphatic carbocycles. The number of halogens is 3. The van der Waals surface area contributed by atoms with E-state index in [9.17, 15) is 8.78 Å². The van der Waals surface area contributed by atoms with Crippen LogP contribution in [0.4, 0.5) is 14.5 Å². The Hall–Kier alpha value is -0.840. The fourth-order valence-electron chi connectivity index (χ4n) is 0.873. The molecular formula is C8H8BrF2NO. The first-order valence-electron chi connectivity index (χ1n) is 3.58. The van der Waals surface area contributed by atoms with E-state index in [0.717, 1.165) is 6.07 Å². The molecule has 0 aliphatic heterocycles. The zero-order valence-electron chi connectivity index (χ0n) is 6.69. The van der Waals surface area contributed by atoms with Gasteiger partial charge in [0.1, 0.15) is 19.1 Å². The Balaban J connectivity index is 2.92. The number of benzene rings is 1. The summed E-state index contributed by atoms with van der Waals surface area (Å²) >= 11 is 3.06. The van der Waals surface area contributed by atoms with Crippen LogP contribution in [-0.2, 0) is 0 Å². The quantitative estimate of drug-likeness (QED) is 0.839. The van der Waals surface area contributed by atoms with Gasteiger partial charge in [-0.2, -0.15) is 0 Å². The number of rotatable bonds is 3. The van der Waals surface area contributed by atoms with Crippen molar-refractivity contribution < 1.29 is 13.5 Å². The van der Waals surface area contributed by atoms with Crippen molar-refractivity contribution in [3.63, 3.8) is 0 Å². The van der Waals surface area contributed by atoms with E-state index in [2.05, 4.69) is 15.9 Å². The number of ether oxygens (including phenoxy) is 1. The summed E-state index contributed by atoms with van der Waals surface area (Å²) in [7, 11) is 0. The van der Waals surface area contributed by atoms with Gasteiger partial charge in [-0.25, -0.2) is 8.78 Å². The second-order valence-corrected chi connectivity index (χ2v) is 3.20. The average molecular weight is 252 g/mol. The largest absolute Gasteiger partial charge is 0.488 e. The Morgan fingerprint density at radius 2 is 2.15 bits per heavy atom. The highest BCUT2D eigenvalue weighted by Gasteiger charge is 2.07. The van der Waals surface area contributed by atoms with Crippen molar-refractivity contribution in [1.29, 1.82) is 0 Å².